The van der Waals surface area contributed by atoms with Gasteiger partial charge in [0.05, 0.1) is 25.9 Å². The van der Waals surface area contributed by atoms with Gasteiger partial charge in [-0.1, -0.05) is 65.5 Å². The number of ether oxygens (including phenoxy) is 2. The molecular formula is C34H59NO3. The van der Waals surface area contributed by atoms with Crippen molar-refractivity contribution in [3.8, 4) is 0 Å². The highest BCUT2D eigenvalue weighted by molar-refractivity contribution is 5.71. The molecule has 0 bridgehead atoms. The van der Waals surface area contributed by atoms with E-state index in [0.29, 0.717) is 36.7 Å². The number of likely N-dealkylation sites (N-methyl/N-ethyl adjacent to an activating group) is 1. The van der Waals surface area contributed by atoms with Crippen LogP contribution in [-0.2, 0) is 14.3 Å². The van der Waals surface area contributed by atoms with Crippen LogP contribution in [0, 0.1) is 46.3 Å². The van der Waals surface area contributed by atoms with Crippen molar-refractivity contribution >= 4 is 5.97 Å². The maximum Gasteiger partial charge on any atom is 0.320 e. The van der Waals surface area contributed by atoms with Gasteiger partial charge in [-0.15, -0.1) is 0 Å². The summed E-state index contributed by atoms with van der Waals surface area (Å²) < 4.78 is 11.4. The van der Waals surface area contributed by atoms with Gasteiger partial charge in [0.25, 0.3) is 0 Å². The second-order valence-electron chi connectivity index (χ2n) is 14.6. The number of nitrogens with zero attached hydrogens (tertiary/aromatic N) is 1. The molecule has 0 aromatic heterocycles. The van der Waals surface area contributed by atoms with Gasteiger partial charge in [0.2, 0.25) is 0 Å². The Kier molecular flexibility index (Phi) is 10.1. The summed E-state index contributed by atoms with van der Waals surface area (Å²) >= 11 is 0. The molecule has 0 spiro atoms. The first-order valence-corrected chi connectivity index (χ1v) is 16.2. The van der Waals surface area contributed by atoms with Crippen molar-refractivity contribution in [2.45, 2.75) is 118 Å². The molecule has 0 heterocycles. The summed E-state index contributed by atoms with van der Waals surface area (Å²) in [5.74, 6) is 5.20. The first-order valence-electron chi connectivity index (χ1n) is 16.2. The summed E-state index contributed by atoms with van der Waals surface area (Å²) in [6.07, 6.45) is 17.9. The smallest absolute Gasteiger partial charge is 0.320 e. The molecule has 4 aliphatic rings. The number of carbonyl (C=O) groups excluding carboxylic acids is 1. The van der Waals surface area contributed by atoms with Gasteiger partial charge >= 0.3 is 5.97 Å². The van der Waals surface area contributed by atoms with E-state index in [9.17, 15) is 4.79 Å². The Labute approximate surface area is 234 Å². The van der Waals surface area contributed by atoms with E-state index in [0.717, 1.165) is 48.5 Å². The average molecular weight is 530 g/mol. The standard InChI is InChI=1S/C34H59NO3/c1-8-37-32(36)23-35(7)20-21-38-27-16-18-33(5)26(22-27)12-13-28-30-15-14-29(25(4)11-9-10-24(2)3)34(30,6)19-17-31(28)33/h12,24-25,27-31H,8-11,13-23H2,1-7H3/t25-,27+,28+,29?,30?,31?,33+,34-/m1/s1. The Morgan fingerprint density at radius 3 is 2.61 bits per heavy atom. The minimum Gasteiger partial charge on any atom is -0.465 e. The van der Waals surface area contributed by atoms with Crippen molar-refractivity contribution < 1.29 is 14.3 Å². The molecule has 0 aromatic rings. The van der Waals surface area contributed by atoms with Crippen LogP contribution in [0.4, 0.5) is 0 Å². The van der Waals surface area contributed by atoms with Gasteiger partial charge in [-0.25, -0.2) is 0 Å². The second-order valence-corrected chi connectivity index (χ2v) is 14.6. The van der Waals surface area contributed by atoms with Crippen LogP contribution in [0.15, 0.2) is 11.6 Å². The SMILES string of the molecule is CCOC(=O)CN(C)CCO[C@H]1CC[C@@]2(C)C(=CC[C@H]3C4CCC([C@H](C)CCCC(C)C)[C@@]4(C)CCC32)C1. The third-order valence-electron chi connectivity index (χ3n) is 11.8. The molecule has 4 rings (SSSR count). The highest BCUT2D eigenvalue weighted by atomic mass is 16.5. The number of allylic oxidation sites excluding steroid dienone is 1. The molecule has 3 fully saturated rings. The predicted octanol–water partition coefficient (Wildman–Crippen LogP) is 7.91. The molecule has 0 aromatic carbocycles. The first-order chi connectivity index (χ1) is 18.1. The lowest BCUT2D eigenvalue weighted by molar-refractivity contribution is -0.144. The Morgan fingerprint density at radius 2 is 1.87 bits per heavy atom. The van der Waals surface area contributed by atoms with Gasteiger partial charge in [0.15, 0.2) is 0 Å². The van der Waals surface area contributed by atoms with Crippen LogP contribution in [0.5, 0.6) is 0 Å². The first kappa shape index (κ1) is 30.1. The molecule has 38 heavy (non-hydrogen) atoms. The predicted molar refractivity (Wildman–Crippen MR) is 157 cm³/mol. The van der Waals surface area contributed by atoms with Gasteiger partial charge in [-0.05, 0) is 112 Å². The van der Waals surface area contributed by atoms with Gasteiger partial charge < -0.3 is 9.47 Å². The van der Waals surface area contributed by atoms with Crippen molar-refractivity contribution in [3.63, 3.8) is 0 Å². The molecule has 0 aliphatic heterocycles. The van der Waals surface area contributed by atoms with Crippen LogP contribution in [-0.4, -0.2) is 50.3 Å². The van der Waals surface area contributed by atoms with Crippen molar-refractivity contribution in [3.05, 3.63) is 11.6 Å². The van der Waals surface area contributed by atoms with E-state index in [2.05, 4.69) is 40.7 Å². The molecule has 0 radical (unpaired) electrons. The third kappa shape index (κ3) is 6.37. The van der Waals surface area contributed by atoms with Crippen molar-refractivity contribution in [2.24, 2.45) is 46.3 Å². The summed E-state index contributed by atoms with van der Waals surface area (Å²) in [5, 5.41) is 0. The summed E-state index contributed by atoms with van der Waals surface area (Å²) in [6, 6.07) is 0. The van der Waals surface area contributed by atoms with E-state index in [4.69, 9.17) is 9.47 Å². The number of hydrogen-bond donors (Lipinski definition) is 0. The highest BCUT2D eigenvalue weighted by Gasteiger charge is 2.59. The molecule has 8 atom stereocenters. The lowest BCUT2D eigenvalue weighted by atomic mass is 9.47. The van der Waals surface area contributed by atoms with Crippen LogP contribution < -0.4 is 0 Å². The molecule has 0 N–H and O–H groups in total. The quantitative estimate of drug-likeness (QED) is 0.190. The molecule has 0 saturated heterocycles. The Hall–Kier alpha value is -0.870. The van der Waals surface area contributed by atoms with Gasteiger partial charge in [-0.2, -0.15) is 0 Å². The van der Waals surface area contributed by atoms with Crippen LogP contribution in [0.1, 0.15) is 112 Å². The molecule has 3 unspecified atom stereocenters. The summed E-state index contributed by atoms with van der Waals surface area (Å²) in [7, 11) is 1.97. The summed E-state index contributed by atoms with van der Waals surface area (Å²) in [6.45, 7) is 16.7. The maximum absolute atomic E-state index is 11.7. The van der Waals surface area contributed by atoms with Crippen LogP contribution in [0.2, 0.25) is 0 Å². The minimum atomic E-state index is -0.150. The fraction of sp³-hybridized carbons (Fsp3) is 0.912. The Bertz CT molecular complexity index is 823. The molecule has 218 valence electrons. The Morgan fingerprint density at radius 1 is 1.08 bits per heavy atom. The van der Waals surface area contributed by atoms with Gasteiger partial charge in [0.1, 0.15) is 0 Å². The van der Waals surface area contributed by atoms with Crippen molar-refractivity contribution in [2.75, 3.05) is 33.4 Å². The molecule has 4 nitrogen and oxygen atoms in total. The van der Waals surface area contributed by atoms with E-state index in [-0.39, 0.29) is 5.97 Å². The number of rotatable bonds is 12. The second kappa shape index (κ2) is 12.8. The monoisotopic (exact) mass is 529 g/mol. The zero-order valence-electron chi connectivity index (χ0n) is 25.9. The average Bonchev–Trinajstić information content (AvgIpc) is 3.21. The van der Waals surface area contributed by atoms with E-state index >= 15 is 0 Å². The van der Waals surface area contributed by atoms with Gasteiger partial charge in [-0.3, -0.25) is 9.69 Å². The lowest BCUT2D eigenvalue weighted by Gasteiger charge is -2.58. The highest BCUT2D eigenvalue weighted by Crippen LogP contribution is 2.67. The zero-order valence-corrected chi connectivity index (χ0v) is 25.9. The maximum atomic E-state index is 11.7. The van der Waals surface area contributed by atoms with Crippen molar-refractivity contribution in [1.29, 1.82) is 0 Å². The van der Waals surface area contributed by atoms with E-state index in [1.54, 1.807) is 5.57 Å². The summed E-state index contributed by atoms with van der Waals surface area (Å²) in [5.41, 5.74) is 2.65. The van der Waals surface area contributed by atoms with E-state index < -0.39 is 0 Å². The van der Waals surface area contributed by atoms with E-state index in [1.165, 1.54) is 64.2 Å². The summed E-state index contributed by atoms with van der Waals surface area (Å²) in [4.78, 5) is 13.7. The van der Waals surface area contributed by atoms with E-state index in [1.807, 2.05) is 18.9 Å². The fourth-order valence-corrected chi connectivity index (χ4v) is 9.68. The lowest BCUT2D eigenvalue weighted by Crippen LogP contribution is -2.51. The zero-order chi connectivity index (χ0) is 27.5. The molecule has 4 aliphatic carbocycles. The molecular weight excluding hydrogens is 470 g/mol. The molecule has 4 heteroatoms. The third-order valence-corrected chi connectivity index (χ3v) is 11.8. The topological polar surface area (TPSA) is 38.8 Å². The largest absolute Gasteiger partial charge is 0.465 e. The van der Waals surface area contributed by atoms with Crippen molar-refractivity contribution in [1.82, 2.24) is 4.90 Å². The number of fused-ring (bicyclic) bond motifs is 5. The number of hydrogen-bond acceptors (Lipinski definition) is 4. The minimum absolute atomic E-state index is 0.150. The normalized spacial score (nSPS) is 37.4. The fourth-order valence-electron chi connectivity index (χ4n) is 9.68. The number of carbonyl (C=O) groups is 1. The Balaban J connectivity index is 1.32. The molecule has 3 saturated carbocycles. The van der Waals surface area contributed by atoms with Crippen LogP contribution in [0.25, 0.3) is 0 Å². The van der Waals surface area contributed by atoms with Gasteiger partial charge in [0, 0.05) is 6.54 Å². The van der Waals surface area contributed by atoms with Crippen LogP contribution >= 0.6 is 0 Å². The number of esters is 1. The van der Waals surface area contributed by atoms with Crippen LogP contribution in [0.3, 0.4) is 0 Å². The molecule has 0 amide bonds.